The predicted octanol–water partition coefficient (Wildman–Crippen LogP) is 3.67. The Hall–Kier alpha value is -1.35. The van der Waals surface area contributed by atoms with E-state index in [4.69, 9.17) is 11.6 Å². The van der Waals surface area contributed by atoms with Gasteiger partial charge in [-0.25, -0.2) is 0 Å². The molecule has 2 aliphatic rings. The van der Waals surface area contributed by atoms with E-state index >= 15 is 0 Å². The summed E-state index contributed by atoms with van der Waals surface area (Å²) in [7, 11) is 0. The summed E-state index contributed by atoms with van der Waals surface area (Å²) >= 11 is 6.07. The second-order valence-electron chi connectivity index (χ2n) is 6.51. The molecule has 3 nitrogen and oxygen atoms in total. The average molecular weight is 292 g/mol. The third-order valence-corrected chi connectivity index (χ3v) is 5.44. The number of ketones is 1. The third-order valence-electron chi connectivity index (χ3n) is 5.11. The highest BCUT2D eigenvalue weighted by molar-refractivity contribution is 6.34. The van der Waals surface area contributed by atoms with Crippen LogP contribution in [0.25, 0.3) is 0 Å². The number of fused-ring (bicyclic) bond motifs is 2. The first-order chi connectivity index (χ1) is 9.38. The molecule has 0 spiro atoms. The van der Waals surface area contributed by atoms with E-state index in [1.54, 1.807) is 12.1 Å². The summed E-state index contributed by atoms with van der Waals surface area (Å²) in [5, 5.41) is 3.34. The molecule has 1 N–H and O–H groups in total. The van der Waals surface area contributed by atoms with Gasteiger partial charge in [0, 0.05) is 5.41 Å². The molecule has 0 radical (unpaired) electrons. The van der Waals surface area contributed by atoms with Crippen LogP contribution in [-0.4, -0.2) is 11.7 Å². The zero-order valence-electron chi connectivity index (χ0n) is 11.7. The molecule has 0 unspecified atom stereocenters. The smallest absolute Gasteiger partial charge is 0.238 e. The van der Waals surface area contributed by atoms with Gasteiger partial charge in [-0.15, -0.1) is 0 Å². The number of nitrogens with one attached hydrogen (secondary N) is 1. The molecule has 2 atom stereocenters. The van der Waals surface area contributed by atoms with Gasteiger partial charge in [0.25, 0.3) is 0 Å². The van der Waals surface area contributed by atoms with Crippen molar-refractivity contribution in [1.82, 2.24) is 0 Å². The van der Waals surface area contributed by atoms with Crippen molar-refractivity contribution in [2.45, 2.75) is 33.1 Å². The molecule has 1 aromatic carbocycles. The Bertz CT molecular complexity index is 596. The molecule has 0 aliphatic heterocycles. The molecule has 2 bridgehead atoms. The molecule has 2 aliphatic carbocycles. The molecule has 20 heavy (non-hydrogen) atoms. The molecule has 1 amide bonds. The number of hydrogen-bond donors (Lipinski definition) is 1. The molecule has 4 heteroatoms. The van der Waals surface area contributed by atoms with E-state index in [1.165, 1.54) is 0 Å². The first-order valence-corrected chi connectivity index (χ1v) is 7.36. The predicted molar refractivity (Wildman–Crippen MR) is 78.6 cm³/mol. The van der Waals surface area contributed by atoms with Crippen LogP contribution in [0.3, 0.4) is 0 Å². The Morgan fingerprint density at radius 1 is 1.35 bits per heavy atom. The van der Waals surface area contributed by atoms with Crippen molar-refractivity contribution in [3.8, 4) is 0 Å². The molecule has 2 fully saturated rings. The standard InChI is InChI=1S/C16H18ClNO2/c1-15(2)10-7-8-16(9-10,13(15)19)14(20)18-12-6-4-3-5-11(12)17/h3-6,10H,7-9H2,1-2H3,(H,18,20)/t10-,16+/m1/s1. The number of rotatable bonds is 2. The van der Waals surface area contributed by atoms with Gasteiger partial charge >= 0.3 is 0 Å². The summed E-state index contributed by atoms with van der Waals surface area (Å²) in [4.78, 5) is 25.3. The fourth-order valence-electron chi connectivity index (χ4n) is 3.78. The first kappa shape index (κ1) is 13.6. The van der Waals surface area contributed by atoms with Crippen molar-refractivity contribution in [2.75, 3.05) is 5.32 Å². The lowest BCUT2D eigenvalue weighted by Gasteiger charge is -2.32. The van der Waals surface area contributed by atoms with Crippen LogP contribution in [0.4, 0.5) is 5.69 Å². The second kappa shape index (κ2) is 4.32. The monoisotopic (exact) mass is 291 g/mol. The molecule has 0 heterocycles. The van der Waals surface area contributed by atoms with Crippen LogP contribution >= 0.6 is 11.6 Å². The van der Waals surface area contributed by atoms with E-state index in [0.717, 1.165) is 6.42 Å². The van der Waals surface area contributed by atoms with Crippen molar-refractivity contribution in [3.05, 3.63) is 29.3 Å². The van der Waals surface area contributed by atoms with Gasteiger partial charge in [-0.2, -0.15) is 0 Å². The van der Waals surface area contributed by atoms with Crippen LogP contribution in [0, 0.1) is 16.7 Å². The van der Waals surface area contributed by atoms with Crippen molar-refractivity contribution < 1.29 is 9.59 Å². The summed E-state index contributed by atoms with van der Waals surface area (Å²) in [6.45, 7) is 3.92. The van der Waals surface area contributed by atoms with Crippen molar-refractivity contribution in [2.24, 2.45) is 16.7 Å². The maximum atomic E-state index is 12.7. The maximum Gasteiger partial charge on any atom is 0.238 e. The fraction of sp³-hybridized carbons (Fsp3) is 0.500. The van der Waals surface area contributed by atoms with Gasteiger partial charge in [-0.1, -0.05) is 37.6 Å². The summed E-state index contributed by atoms with van der Waals surface area (Å²) in [6.07, 6.45) is 2.29. The molecular formula is C16H18ClNO2. The lowest BCUT2D eigenvalue weighted by atomic mass is 9.70. The Labute approximate surface area is 123 Å². The summed E-state index contributed by atoms with van der Waals surface area (Å²) in [5.41, 5.74) is -0.641. The van der Waals surface area contributed by atoms with E-state index in [1.807, 2.05) is 26.0 Å². The van der Waals surface area contributed by atoms with Crippen LogP contribution in [0.5, 0.6) is 0 Å². The van der Waals surface area contributed by atoms with E-state index in [9.17, 15) is 9.59 Å². The quantitative estimate of drug-likeness (QED) is 0.845. The summed E-state index contributed by atoms with van der Waals surface area (Å²) < 4.78 is 0. The number of carbonyl (C=O) groups is 2. The normalized spacial score (nSPS) is 30.6. The van der Waals surface area contributed by atoms with Gasteiger partial charge in [0.2, 0.25) is 5.91 Å². The van der Waals surface area contributed by atoms with Gasteiger partial charge in [0.15, 0.2) is 5.78 Å². The highest BCUT2D eigenvalue weighted by Gasteiger charge is 2.65. The minimum Gasteiger partial charge on any atom is -0.324 e. The molecule has 1 aromatic rings. The maximum absolute atomic E-state index is 12.7. The Morgan fingerprint density at radius 2 is 2.05 bits per heavy atom. The minimum absolute atomic E-state index is 0.0887. The van der Waals surface area contributed by atoms with Crippen LogP contribution in [0.2, 0.25) is 5.02 Å². The fourth-order valence-corrected chi connectivity index (χ4v) is 3.97. The third kappa shape index (κ3) is 1.72. The molecule has 3 rings (SSSR count). The van der Waals surface area contributed by atoms with Gasteiger partial charge in [-0.05, 0) is 37.3 Å². The lowest BCUT2D eigenvalue weighted by molar-refractivity contribution is -0.142. The number of halogens is 1. The minimum atomic E-state index is -0.840. The van der Waals surface area contributed by atoms with Crippen molar-refractivity contribution in [1.29, 1.82) is 0 Å². The molecule has 2 saturated carbocycles. The van der Waals surface area contributed by atoms with Crippen molar-refractivity contribution >= 4 is 29.0 Å². The molecule has 0 aromatic heterocycles. The molecular weight excluding hydrogens is 274 g/mol. The Balaban J connectivity index is 1.89. The number of benzene rings is 1. The zero-order valence-corrected chi connectivity index (χ0v) is 12.5. The number of anilines is 1. The van der Waals surface area contributed by atoms with E-state index in [-0.39, 0.29) is 17.1 Å². The number of para-hydroxylation sites is 1. The second-order valence-corrected chi connectivity index (χ2v) is 6.91. The van der Waals surface area contributed by atoms with E-state index in [2.05, 4.69) is 5.32 Å². The first-order valence-electron chi connectivity index (χ1n) is 6.99. The molecule has 106 valence electrons. The zero-order chi connectivity index (χ0) is 14.5. The largest absolute Gasteiger partial charge is 0.324 e. The topological polar surface area (TPSA) is 46.2 Å². The molecule has 0 saturated heterocycles. The van der Waals surface area contributed by atoms with Crippen molar-refractivity contribution in [3.63, 3.8) is 0 Å². The highest BCUT2D eigenvalue weighted by Crippen LogP contribution is 2.60. The van der Waals surface area contributed by atoms with Gasteiger partial charge in [-0.3, -0.25) is 9.59 Å². The van der Waals surface area contributed by atoms with Crippen LogP contribution in [0.15, 0.2) is 24.3 Å². The number of hydrogen-bond acceptors (Lipinski definition) is 2. The average Bonchev–Trinajstić information content (AvgIpc) is 2.93. The number of amides is 1. The van der Waals surface area contributed by atoms with Crippen LogP contribution < -0.4 is 5.32 Å². The Morgan fingerprint density at radius 3 is 2.65 bits per heavy atom. The highest BCUT2D eigenvalue weighted by atomic mass is 35.5. The van der Waals surface area contributed by atoms with Gasteiger partial charge < -0.3 is 5.32 Å². The van der Waals surface area contributed by atoms with Gasteiger partial charge in [0.1, 0.15) is 5.41 Å². The van der Waals surface area contributed by atoms with Gasteiger partial charge in [0.05, 0.1) is 10.7 Å². The van der Waals surface area contributed by atoms with Crippen LogP contribution in [0.1, 0.15) is 33.1 Å². The lowest BCUT2D eigenvalue weighted by Crippen LogP contribution is -2.44. The van der Waals surface area contributed by atoms with Crippen LogP contribution in [-0.2, 0) is 9.59 Å². The summed E-state index contributed by atoms with van der Waals surface area (Å²) in [5.74, 6) is 0.224. The number of Topliss-reactive ketones (excluding diaryl/α,β-unsaturated/α-hetero) is 1. The Kier molecular flexibility index (Phi) is 2.94. The SMILES string of the molecule is CC1(C)C(=O)[C@]2(C(=O)Nc3ccccc3Cl)CC[C@@H]1C2. The number of carbonyl (C=O) groups excluding carboxylic acids is 2. The summed E-state index contributed by atoms with van der Waals surface area (Å²) in [6, 6.07) is 7.11. The van der Waals surface area contributed by atoms with E-state index in [0.29, 0.717) is 29.5 Å². The van der Waals surface area contributed by atoms with E-state index < -0.39 is 5.41 Å².